The second kappa shape index (κ2) is 18.1. The summed E-state index contributed by atoms with van der Waals surface area (Å²) in [6.45, 7) is 22.6. The van der Waals surface area contributed by atoms with E-state index in [4.69, 9.17) is 0 Å². The predicted molar refractivity (Wildman–Crippen MR) is 211 cm³/mol. The Hall–Kier alpha value is -2.32. The van der Waals surface area contributed by atoms with Crippen LogP contribution in [0.5, 0.6) is 0 Å². The maximum Gasteiger partial charge on any atom is -0.109 e. The van der Waals surface area contributed by atoms with Crippen molar-refractivity contribution in [3.8, 4) is 11.1 Å². The topological polar surface area (TPSA) is 0 Å². The van der Waals surface area contributed by atoms with Crippen molar-refractivity contribution in [3.05, 3.63) is 154 Å². The van der Waals surface area contributed by atoms with E-state index in [-0.39, 0.29) is 35.6 Å². The Bertz CT molecular complexity index is 1570. The molecule has 0 spiro atoms. The SMILES string of the molecule is CC(C)(C)c1c[c-]c2c(c1)-c1cc(C(C)(C)C)ccc1C2.CC(C)c1ccc([C](=[Hf+2])c2ccc(C(C)C)cc2)cc1.Cl.Cl.[C-]1=CC=CC1. The summed E-state index contributed by atoms with van der Waals surface area (Å²) in [4.78, 5) is 0. The largest absolute Gasteiger partial charge is 0.273 e. The van der Waals surface area contributed by atoms with Crippen LogP contribution in [0.2, 0.25) is 0 Å². The van der Waals surface area contributed by atoms with Crippen molar-refractivity contribution >= 4 is 28.1 Å². The van der Waals surface area contributed by atoms with Crippen molar-refractivity contribution in [3.63, 3.8) is 0 Å². The molecule has 0 nitrogen and oxygen atoms in total. The second-order valence-electron chi connectivity index (χ2n) is 15.3. The molecule has 0 saturated carbocycles. The second-order valence-corrected chi connectivity index (χ2v) is 17.1. The number of allylic oxidation sites excluding steroid dienone is 4. The van der Waals surface area contributed by atoms with E-state index >= 15 is 0 Å². The van der Waals surface area contributed by atoms with Crippen LogP contribution >= 0.6 is 24.8 Å². The van der Waals surface area contributed by atoms with Gasteiger partial charge in [-0.25, -0.2) is 12.2 Å². The first-order valence-corrected chi connectivity index (χ1v) is 18.6. The summed E-state index contributed by atoms with van der Waals surface area (Å²) in [5.74, 6) is 1.21. The summed E-state index contributed by atoms with van der Waals surface area (Å²) < 4.78 is 1.48. The molecule has 2 aliphatic rings. The molecule has 0 aliphatic heterocycles. The van der Waals surface area contributed by atoms with Crippen LogP contribution in [0, 0.1) is 12.1 Å². The summed E-state index contributed by atoms with van der Waals surface area (Å²) in [7, 11) is 0. The summed E-state index contributed by atoms with van der Waals surface area (Å²) in [5.41, 5.74) is 14.3. The minimum absolute atomic E-state index is 0. The van der Waals surface area contributed by atoms with E-state index in [1.54, 1.807) is 0 Å². The van der Waals surface area contributed by atoms with Crippen LogP contribution in [0.3, 0.4) is 0 Å². The summed E-state index contributed by atoms with van der Waals surface area (Å²) in [6.07, 6.45) is 11.0. The fourth-order valence-corrected chi connectivity index (χ4v) is 6.76. The Balaban J connectivity index is 0.000000281. The van der Waals surface area contributed by atoms with Crippen LogP contribution in [-0.4, -0.2) is 3.26 Å². The zero-order chi connectivity index (χ0) is 33.6. The van der Waals surface area contributed by atoms with E-state index in [9.17, 15) is 0 Å². The van der Waals surface area contributed by atoms with Crippen molar-refractivity contribution in [1.82, 2.24) is 0 Å². The number of hydrogen-bond acceptors (Lipinski definition) is 0. The summed E-state index contributed by atoms with van der Waals surface area (Å²) in [6, 6.07) is 33.2. The molecular weight excluding hydrogens is 790 g/mol. The Morgan fingerprint density at radius 3 is 1.56 bits per heavy atom. The molecule has 2 aliphatic carbocycles. The van der Waals surface area contributed by atoms with Crippen LogP contribution < -0.4 is 0 Å². The maximum absolute atomic E-state index is 3.53. The van der Waals surface area contributed by atoms with E-state index in [0.29, 0.717) is 11.8 Å². The molecule has 252 valence electrons. The van der Waals surface area contributed by atoms with Crippen molar-refractivity contribution in [2.24, 2.45) is 0 Å². The zero-order valence-electron chi connectivity index (χ0n) is 30.6. The van der Waals surface area contributed by atoms with Gasteiger partial charge in [0.25, 0.3) is 0 Å². The van der Waals surface area contributed by atoms with Gasteiger partial charge in [0.15, 0.2) is 0 Å². The van der Waals surface area contributed by atoms with Gasteiger partial charge < -0.3 is 0 Å². The van der Waals surface area contributed by atoms with E-state index in [0.717, 1.165) is 36.7 Å². The molecule has 6 rings (SSSR count). The molecule has 0 saturated heterocycles. The minimum Gasteiger partial charge on any atom is -0.273 e. The molecule has 4 aromatic carbocycles. The van der Waals surface area contributed by atoms with Crippen molar-refractivity contribution in [1.29, 1.82) is 0 Å². The van der Waals surface area contributed by atoms with Gasteiger partial charge in [-0.1, -0.05) is 76.3 Å². The van der Waals surface area contributed by atoms with Crippen LogP contribution in [0.1, 0.15) is 132 Å². The van der Waals surface area contributed by atoms with Crippen LogP contribution in [0.25, 0.3) is 11.1 Å². The Kier molecular flexibility index (Phi) is 15.8. The maximum atomic E-state index is 3.53. The van der Waals surface area contributed by atoms with E-state index < -0.39 is 0 Å². The third kappa shape index (κ3) is 11.1. The quantitative estimate of drug-likeness (QED) is 0.125. The van der Waals surface area contributed by atoms with Gasteiger partial charge in [0.1, 0.15) is 0 Å². The minimum atomic E-state index is 0. The predicted octanol–water partition coefficient (Wildman–Crippen LogP) is 12.9. The van der Waals surface area contributed by atoms with Crippen molar-refractivity contribution in [2.45, 2.75) is 105 Å². The molecule has 0 fully saturated rings. The Labute approximate surface area is 319 Å². The van der Waals surface area contributed by atoms with Gasteiger partial charge in [-0.15, -0.1) is 36.8 Å². The van der Waals surface area contributed by atoms with Crippen molar-refractivity contribution < 1.29 is 23.9 Å². The van der Waals surface area contributed by atoms with Gasteiger partial charge >= 0.3 is 137 Å². The van der Waals surface area contributed by atoms with Gasteiger partial charge in [0, 0.05) is 0 Å². The van der Waals surface area contributed by atoms with Gasteiger partial charge in [0.2, 0.25) is 0 Å². The van der Waals surface area contributed by atoms with Crippen LogP contribution in [0.4, 0.5) is 0 Å². The standard InChI is InChI=1S/C21H25.C19H22.C5H5.2ClH.Hf/c1-20(2,3)16-9-7-14-11-15-8-10-17(21(4,5)6)13-19(15)18(14)12-16;1-14(2)18-9-5-16(6-10-18)13-17-7-11-19(12-8-17)15(3)4;1-2-4-5-3-1;;;/h7,9-10,12-13H,11H2,1-6H3;5-12,14-15H,1-4H3;1-3H,4H2;2*1H;/q-1;;-1;;;+2. The first kappa shape index (κ1) is 41.8. The number of fused-ring (bicyclic) bond motifs is 3. The normalized spacial score (nSPS) is 12.6. The van der Waals surface area contributed by atoms with Gasteiger partial charge in [-0.3, -0.25) is 6.08 Å². The average Bonchev–Trinajstić information content (AvgIpc) is 3.72. The van der Waals surface area contributed by atoms with Crippen LogP contribution in [0.15, 0.2) is 97.1 Å². The molecule has 0 bridgehead atoms. The third-order valence-corrected chi connectivity index (χ3v) is 10.9. The van der Waals surface area contributed by atoms with Crippen LogP contribution in [-0.2, 0) is 41.1 Å². The third-order valence-electron chi connectivity index (χ3n) is 8.84. The monoisotopic (exact) mass is 844 g/mol. The molecule has 0 N–H and O–H groups in total. The van der Waals surface area contributed by atoms with E-state index in [1.807, 2.05) is 12.2 Å². The molecule has 0 radical (unpaired) electrons. The fraction of sp³-hybridized carbons (Fsp3) is 0.356. The number of hydrogen-bond donors (Lipinski definition) is 0. The molecule has 48 heavy (non-hydrogen) atoms. The number of rotatable bonds is 4. The molecule has 0 atom stereocenters. The molecule has 0 heterocycles. The van der Waals surface area contributed by atoms with E-state index in [1.165, 1.54) is 58.9 Å². The first-order valence-electron chi connectivity index (χ1n) is 16.8. The molecule has 0 aromatic heterocycles. The smallest absolute Gasteiger partial charge is 0.109 e. The number of halogens is 2. The van der Waals surface area contributed by atoms with Gasteiger partial charge in [-0.2, -0.15) is 35.4 Å². The molecular formula is C45H54Cl2Hf. The Morgan fingerprint density at radius 1 is 0.667 bits per heavy atom. The Morgan fingerprint density at radius 2 is 1.17 bits per heavy atom. The molecule has 4 aromatic rings. The van der Waals surface area contributed by atoms with Gasteiger partial charge in [0.05, 0.1) is 0 Å². The number of benzene rings is 4. The first-order chi connectivity index (χ1) is 21.6. The molecule has 0 amide bonds. The van der Waals surface area contributed by atoms with E-state index in [2.05, 4.69) is 166 Å². The molecule has 3 heteroatoms. The average molecular weight is 844 g/mol. The molecule has 0 unspecified atom stereocenters. The van der Waals surface area contributed by atoms with Gasteiger partial charge in [-0.05, 0) is 17.4 Å². The van der Waals surface area contributed by atoms with Crippen molar-refractivity contribution in [2.75, 3.05) is 0 Å². The zero-order valence-corrected chi connectivity index (χ0v) is 35.8. The summed E-state index contributed by atoms with van der Waals surface area (Å²) in [5, 5.41) is 0. The fourth-order valence-electron chi connectivity index (χ4n) is 5.56. The summed E-state index contributed by atoms with van der Waals surface area (Å²) >= 11 is 1.07.